The van der Waals surface area contributed by atoms with E-state index in [1.165, 1.54) is 11.1 Å². The van der Waals surface area contributed by atoms with Crippen LogP contribution in [0, 0.1) is 22.7 Å². The van der Waals surface area contributed by atoms with Crippen molar-refractivity contribution >= 4 is 23.5 Å². The zero-order valence-corrected chi connectivity index (χ0v) is 18.8. The molecule has 0 bridgehead atoms. The number of carboxylic acids is 1. The van der Waals surface area contributed by atoms with Crippen LogP contribution < -0.4 is 0 Å². The zero-order valence-electron chi connectivity index (χ0n) is 18.8. The van der Waals surface area contributed by atoms with E-state index in [1.54, 1.807) is 0 Å². The molecule has 4 aliphatic rings. The molecule has 174 valence electrons. The van der Waals surface area contributed by atoms with Crippen LogP contribution in [0.25, 0.3) is 0 Å². The first-order valence-corrected chi connectivity index (χ1v) is 11.6. The zero-order chi connectivity index (χ0) is 23.3. The maximum Gasteiger partial charge on any atom is 0.306 e. The summed E-state index contributed by atoms with van der Waals surface area (Å²) in [6.07, 6.45) is 8.15. The Bertz CT molecular complexity index is 931. The first kappa shape index (κ1) is 22.9. The molecule has 2 unspecified atom stereocenters. The lowest BCUT2D eigenvalue weighted by molar-refractivity contribution is -0.163. The van der Waals surface area contributed by atoms with Gasteiger partial charge in [0, 0.05) is 17.3 Å². The van der Waals surface area contributed by atoms with Crippen molar-refractivity contribution in [3.8, 4) is 0 Å². The van der Waals surface area contributed by atoms with Gasteiger partial charge in [-0.3, -0.25) is 19.2 Å². The van der Waals surface area contributed by atoms with Crippen LogP contribution in [0.1, 0.15) is 71.6 Å². The Balaban J connectivity index is 1.53. The molecule has 0 heterocycles. The molecule has 2 fully saturated rings. The quantitative estimate of drug-likeness (QED) is 0.477. The largest absolute Gasteiger partial charge is 0.481 e. The highest BCUT2D eigenvalue weighted by atomic mass is 16.5. The fourth-order valence-corrected chi connectivity index (χ4v) is 6.87. The number of ketones is 2. The van der Waals surface area contributed by atoms with Crippen LogP contribution >= 0.6 is 0 Å². The number of ether oxygens (including phenoxy) is 1. The van der Waals surface area contributed by atoms with Crippen LogP contribution in [-0.2, 0) is 23.9 Å². The van der Waals surface area contributed by atoms with Crippen LogP contribution in [0.2, 0.25) is 0 Å². The molecule has 0 aromatic carbocycles. The standard InChI is InChI=1S/C25H32O7/c1-23-10-7-16(26)13-15(23)3-4-17-18(23)8-11-24(2)19(17)9-12-25(24,31)20(27)14-32-22(30)6-5-21(28)29/h8,13,17,19,31H,3-7,9-12,14H2,1-2H3,(H,28,29)/t17?,19?,23-,24-,25-/m0/s1. The number of fused-ring (bicyclic) bond motifs is 5. The number of carbonyl (C=O) groups excluding carboxylic acids is 3. The molecule has 0 amide bonds. The first-order valence-electron chi connectivity index (χ1n) is 11.6. The predicted octanol–water partition coefficient (Wildman–Crippen LogP) is 3.15. The van der Waals surface area contributed by atoms with Gasteiger partial charge in [-0.15, -0.1) is 0 Å². The summed E-state index contributed by atoms with van der Waals surface area (Å²) in [5, 5.41) is 20.2. The maximum absolute atomic E-state index is 13.0. The van der Waals surface area contributed by atoms with Crippen LogP contribution in [0.3, 0.4) is 0 Å². The molecule has 4 aliphatic carbocycles. The number of carbonyl (C=O) groups is 4. The third-order valence-electron chi connectivity index (χ3n) is 8.86. The van der Waals surface area contributed by atoms with E-state index in [4.69, 9.17) is 9.84 Å². The highest BCUT2D eigenvalue weighted by molar-refractivity contribution is 5.92. The third-order valence-corrected chi connectivity index (χ3v) is 8.86. The van der Waals surface area contributed by atoms with E-state index in [2.05, 4.69) is 13.0 Å². The lowest BCUT2D eigenvalue weighted by Gasteiger charge is -2.54. The van der Waals surface area contributed by atoms with Gasteiger partial charge in [-0.1, -0.05) is 31.1 Å². The number of aliphatic hydroxyl groups is 1. The monoisotopic (exact) mass is 444 g/mol. The molecular formula is C25H32O7. The van der Waals surface area contributed by atoms with E-state index in [0.29, 0.717) is 19.3 Å². The number of rotatable bonds is 6. The highest BCUT2D eigenvalue weighted by Crippen LogP contribution is 2.65. The minimum absolute atomic E-state index is 0.109. The summed E-state index contributed by atoms with van der Waals surface area (Å²) in [4.78, 5) is 47.4. The van der Waals surface area contributed by atoms with Gasteiger partial charge in [0.2, 0.25) is 5.78 Å². The van der Waals surface area contributed by atoms with Crippen LogP contribution in [0.4, 0.5) is 0 Å². The van der Waals surface area contributed by atoms with Gasteiger partial charge in [0.25, 0.3) is 0 Å². The van der Waals surface area contributed by atoms with Gasteiger partial charge in [-0.05, 0) is 56.4 Å². The third kappa shape index (κ3) is 3.45. The van der Waals surface area contributed by atoms with Gasteiger partial charge in [-0.25, -0.2) is 0 Å². The smallest absolute Gasteiger partial charge is 0.306 e. The fourth-order valence-electron chi connectivity index (χ4n) is 6.87. The van der Waals surface area contributed by atoms with Crippen molar-refractivity contribution < 1.29 is 34.1 Å². The second-order valence-corrected chi connectivity index (χ2v) is 10.4. The summed E-state index contributed by atoms with van der Waals surface area (Å²) in [6, 6.07) is 0. The fraction of sp³-hybridized carbons (Fsp3) is 0.680. The molecule has 32 heavy (non-hydrogen) atoms. The number of hydrogen-bond donors (Lipinski definition) is 2. The Hall–Kier alpha value is -2.28. The van der Waals surface area contributed by atoms with Crippen LogP contribution in [-0.4, -0.2) is 45.9 Å². The van der Waals surface area contributed by atoms with Gasteiger partial charge in [-0.2, -0.15) is 0 Å². The average molecular weight is 445 g/mol. The van der Waals surface area contributed by atoms with Gasteiger partial charge < -0.3 is 14.9 Å². The Kier molecular flexibility index (Phi) is 5.68. The Morgan fingerprint density at radius 2 is 1.88 bits per heavy atom. The summed E-state index contributed by atoms with van der Waals surface area (Å²) < 4.78 is 4.99. The Morgan fingerprint density at radius 3 is 2.59 bits per heavy atom. The lowest BCUT2D eigenvalue weighted by Crippen LogP contribution is -2.55. The predicted molar refractivity (Wildman–Crippen MR) is 114 cm³/mol. The molecule has 2 N–H and O–H groups in total. The normalized spacial score (nSPS) is 38.0. The number of Topliss-reactive ketones (excluding diaryl/α,β-unsaturated/α-hetero) is 1. The molecule has 0 saturated heterocycles. The second kappa shape index (κ2) is 7.94. The SMILES string of the molecule is C[C@]12CCC(=O)C=C1CCC1C2=CC[C@@]2(C)C1CC[C@]2(O)C(=O)COC(=O)CCC(=O)O. The van der Waals surface area contributed by atoms with Crippen molar-refractivity contribution in [3.05, 3.63) is 23.3 Å². The number of hydrogen-bond acceptors (Lipinski definition) is 6. The molecule has 0 aromatic rings. The molecule has 0 spiro atoms. The summed E-state index contributed by atoms with van der Waals surface area (Å²) in [5.74, 6) is -1.74. The van der Waals surface area contributed by atoms with E-state index in [0.717, 1.165) is 25.7 Å². The molecule has 0 aromatic heterocycles. The first-order chi connectivity index (χ1) is 15.0. The van der Waals surface area contributed by atoms with Crippen molar-refractivity contribution in [1.29, 1.82) is 0 Å². The van der Waals surface area contributed by atoms with E-state index in [1.807, 2.05) is 13.0 Å². The van der Waals surface area contributed by atoms with Crippen molar-refractivity contribution in [2.24, 2.45) is 22.7 Å². The minimum atomic E-state index is -1.58. The molecule has 0 radical (unpaired) electrons. The lowest BCUT2D eigenvalue weighted by atomic mass is 9.50. The Labute approximate surface area is 187 Å². The van der Waals surface area contributed by atoms with E-state index >= 15 is 0 Å². The summed E-state index contributed by atoms with van der Waals surface area (Å²) in [7, 11) is 0. The van der Waals surface area contributed by atoms with E-state index in [9.17, 15) is 24.3 Å². The molecule has 5 atom stereocenters. The number of esters is 1. The average Bonchev–Trinajstić information content (AvgIpc) is 3.03. The Morgan fingerprint density at radius 1 is 1.12 bits per heavy atom. The maximum atomic E-state index is 13.0. The molecule has 0 aliphatic heterocycles. The van der Waals surface area contributed by atoms with Crippen LogP contribution in [0.5, 0.6) is 0 Å². The van der Waals surface area contributed by atoms with E-state index in [-0.39, 0.29) is 35.9 Å². The number of carboxylic acid groups (broad SMARTS) is 1. The topological polar surface area (TPSA) is 118 Å². The summed E-state index contributed by atoms with van der Waals surface area (Å²) >= 11 is 0. The second-order valence-electron chi connectivity index (χ2n) is 10.4. The molecule has 2 saturated carbocycles. The van der Waals surface area contributed by atoms with Crippen molar-refractivity contribution in [2.75, 3.05) is 6.61 Å². The summed E-state index contributed by atoms with van der Waals surface area (Å²) in [6.45, 7) is 3.67. The van der Waals surface area contributed by atoms with Crippen molar-refractivity contribution in [3.63, 3.8) is 0 Å². The minimum Gasteiger partial charge on any atom is -0.481 e. The molecule has 4 rings (SSSR count). The molecule has 7 heteroatoms. The van der Waals surface area contributed by atoms with Crippen molar-refractivity contribution in [2.45, 2.75) is 77.2 Å². The van der Waals surface area contributed by atoms with Crippen molar-refractivity contribution in [1.82, 2.24) is 0 Å². The molecular weight excluding hydrogens is 412 g/mol. The van der Waals surface area contributed by atoms with Gasteiger partial charge in [0.05, 0.1) is 12.8 Å². The van der Waals surface area contributed by atoms with Crippen LogP contribution in [0.15, 0.2) is 23.3 Å². The molecule has 7 nitrogen and oxygen atoms in total. The number of aliphatic carboxylic acids is 1. The number of allylic oxidation sites excluding steroid dienone is 4. The van der Waals surface area contributed by atoms with Gasteiger partial charge >= 0.3 is 11.9 Å². The van der Waals surface area contributed by atoms with Gasteiger partial charge in [0.15, 0.2) is 12.4 Å². The van der Waals surface area contributed by atoms with Gasteiger partial charge in [0.1, 0.15) is 5.60 Å². The summed E-state index contributed by atoms with van der Waals surface area (Å²) in [5.41, 5.74) is 0.252. The highest BCUT2D eigenvalue weighted by Gasteiger charge is 2.64. The van der Waals surface area contributed by atoms with E-state index < -0.39 is 35.3 Å².